The Hall–Kier alpha value is -1.73. The number of amides is 1. The van der Waals surface area contributed by atoms with E-state index in [0.717, 1.165) is 21.8 Å². The van der Waals surface area contributed by atoms with Gasteiger partial charge in [0, 0.05) is 18.1 Å². The average molecular weight is 426 g/mol. The van der Waals surface area contributed by atoms with Crippen molar-refractivity contribution in [3.63, 3.8) is 0 Å². The van der Waals surface area contributed by atoms with E-state index in [1.807, 2.05) is 38.1 Å². The number of anilines is 1. The van der Waals surface area contributed by atoms with Gasteiger partial charge >= 0.3 is 0 Å². The third kappa shape index (κ3) is 4.24. The first-order valence-corrected chi connectivity index (χ1v) is 9.82. The molecule has 1 aromatic heterocycles. The van der Waals surface area contributed by atoms with E-state index < -0.39 is 5.82 Å². The van der Waals surface area contributed by atoms with Crippen LogP contribution in [-0.2, 0) is 0 Å². The predicted molar refractivity (Wildman–Crippen MR) is 111 cm³/mol. The lowest BCUT2D eigenvalue weighted by Gasteiger charge is -2.22. The summed E-state index contributed by atoms with van der Waals surface area (Å²) in [4.78, 5) is 21.4. The van der Waals surface area contributed by atoms with Gasteiger partial charge in [0.15, 0.2) is 5.13 Å². The standard InChI is InChI=1S/C19H18Cl2FN3OS/c1-11-14(20)6-7-16-17(11)23-19(27-16)25(9-8-24(2)3)18(26)13-5-4-12(22)10-15(13)21/h4-7,10H,8-9H2,1-3H3. The van der Waals surface area contributed by atoms with Crippen molar-refractivity contribution in [1.82, 2.24) is 9.88 Å². The summed E-state index contributed by atoms with van der Waals surface area (Å²) in [5, 5.41) is 1.27. The summed E-state index contributed by atoms with van der Waals surface area (Å²) in [5.41, 5.74) is 1.89. The molecule has 0 radical (unpaired) electrons. The van der Waals surface area contributed by atoms with E-state index in [1.54, 1.807) is 4.90 Å². The maximum atomic E-state index is 13.4. The summed E-state index contributed by atoms with van der Waals surface area (Å²) < 4.78 is 14.3. The normalized spacial score (nSPS) is 11.4. The zero-order valence-corrected chi connectivity index (χ0v) is 17.4. The number of aromatic nitrogens is 1. The average Bonchev–Trinajstić information content (AvgIpc) is 3.02. The second kappa shape index (κ2) is 8.10. The smallest absolute Gasteiger partial charge is 0.261 e. The minimum Gasteiger partial charge on any atom is -0.308 e. The number of carbonyl (C=O) groups excluding carboxylic acids is 1. The molecule has 1 amide bonds. The molecule has 0 unspecified atom stereocenters. The van der Waals surface area contributed by atoms with Crippen molar-refractivity contribution in [3.8, 4) is 0 Å². The second-order valence-electron chi connectivity index (χ2n) is 6.40. The van der Waals surface area contributed by atoms with Crippen LogP contribution in [0.1, 0.15) is 15.9 Å². The predicted octanol–water partition coefficient (Wildman–Crippen LogP) is 5.26. The number of aryl methyl sites for hydroxylation is 1. The lowest BCUT2D eigenvalue weighted by Crippen LogP contribution is -2.36. The van der Waals surface area contributed by atoms with E-state index in [9.17, 15) is 9.18 Å². The Balaban J connectivity index is 2.05. The quantitative estimate of drug-likeness (QED) is 0.559. The number of hydrogen-bond acceptors (Lipinski definition) is 4. The van der Waals surface area contributed by atoms with Gasteiger partial charge in [-0.05, 0) is 56.9 Å². The molecule has 0 bridgehead atoms. The zero-order valence-electron chi connectivity index (χ0n) is 15.1. The van der Waals surface area contributed by atoms with Crippen molar-refractivity contribution >= 4 is 55.8 Å². The Morgan fingerprint density at radius 2 is 1.89 bits per heavy atom. The third-order valence-electron chi connectivity index (χ3n) is 4.14. The van der Waals surface area contributed by atoms with E-state index in [4.69, 9.17) is 23.2 Å². The number of thiazole rings is 1. The number of hydrogen-bond donors (Lipinski definition) is 0. The number of benzene rings is 2. The van der Waals surface area contributed by atoms with Crippen LogP contribution >= 0.6 is 34.5 Å². The van der Waals surface area contributed by atoms with Crippen LogP contribution in [0.5, 0.6) is 0 Å². The van der Waals surface area contributed by atoms with Gasteiger partial charge in [-0.1, -0.05) is 34.5 Å². The maximum Gasteiger partial charge on any atom is 0.261 e. The van der Waals surface area contributed by atoms with Crippen LogP contribution in [0.3, 0.4) is 0 Å². The van der Waals surface area contributed by atoms with E-state index in [2.05, 4.69) is 4.98 Å². The molecular weight excluding hydrogens is 408 g/mol. The molecule has 4 nitrogen and oxygen atoms in total. The Bertz CT molecular complexity index is 1010. The molecule has 0 aliphatic rings. The molecule has 8 heteroatoms. The molecule has 0 N–H and O–H groups in total. The Morgan fingerprint density at radius 1 is 1.15 bits per heavy atom. The van der Waals surface area contributed by atoms with Crippen LogP contribution in [0.15, 0.2) is 30.3 Å². The van der Waals surface area contributed by atoms with Crippen molar-refractivity contribution < 1.29 is 9.18 Å². The molecule has 3 aromatic rings. The minimum absolute atomic E-state index is 0.0789. The molecule has 0 saturated carbocycles. The molecule has 0 aliphatic heterocycles. The highest BCUT2D eigenvalue weighted by molar-refractivity contribution is 7.22. The molecule has 0 atom stereocenters. The van der Waals surface area contributed by atoms with Crippen LogP contribution in [0.25, 0.3) is 10.2 Å². The highest BCUT2D eigenvalue weighted by Crippen LogP contribution is 2.34. The highest BCUT2D eigenvalue weighted by Gasteiger charge is 2.24. The summed E-state index contributed by atoms with van der Waals surface area (Å²) in [6.45, 7) is 2.96. The fourth-order valence-electron chi connectivity index (χ4n) is 2.60. The van der Waals surface area contributed by atoms with E-state index in [1.165, 1.54) is 23.5 Å². The molecule has 27 heavy (non-hydrogen) atoms. The number of fused-ring (bicyclic) bond motifs is 1. The lowest BCUT2D eigenvalue weighted by molar-refractivity contribution is 0.0985. The maximum absolute atomic E-state index is 13.4. The number of rotatable bonds is 5. The monoisotopic (exact) mass is 425 g/mol. The van der Waals surface area contributed by atoms with Crippen molar-refractivity contribution in [2.75, 3.05) is 32.1 Å². The molecule has 0 saturated heterocycles. The van der Waals surface area contributed by atoms with Crippen molar-refractivity contribution in [1.29, 1.82) is 0 Å². The molecular formula is C19H18Cl2FN3OS. The topological polar surface area (TPSA) is 36.4 Å². The third-order valence-corrected chi connectivity index (χ3v) is 5.91. The number of likely N-dealkylation sites (N-methyl/N-ethyl adjacent to an activating group) is 1. The first kappa shape index (κ1) is 20.0. The zero-order chi connectivity index (χ0) is 19.7. The SMILES string of the molecule is Cc1c(Cl)ccc2sc(N(CCN(C)C)C(=O)c3ccc(F)cc3Cl)nc12. The molecule has 142 valence electrons. The fourth-order valence-corrected chi connectivity index (χ4v) is 4.05. The summed E-state index contributed by atoms with van der Waals surface area (Å²) in [7, 11) is 3.85. The van der Waals surface area contributed by atoms with Crippen molar-refractivity contribution in [2.45, 2.75) is 6.92 Å². The van der Waals surface area contributed by atoms with Gasteiger partial charge in [-0.3, -0.25) is 9.69 Å². The Morgan fingerprint density at radius 3 is 2.56 bits per heavy atom. The summed E-state index contributed by atoms with van der Waals surface area (Å²) in [6.07, 6.45) is 0. The molecule has 1 heterocycles. The summed E-state index contributed by atoms with van der Waals surface area (Å²) in [6, 6.07) is 7.49. The van der Waals surface area contributed by atoms with Gasteiger partial charge in [-0.15, -0.1) is 0 Å². The number of nitrogens with zero attached hydrogens (tertiary/aromatic N) is 3. The van der Waals surface area contributed by atoms with Gasteiger partial charge in [-0.25, -0.2) is 9.37 Å². The molecule has 2 aromatic carbocycles. The van der Waals surface area contributed by atoms with Crippen LogP contribution in [0.4, 0.5) is 9.52 Å². The number of carbonyl (C=O) groups is 1. The minimum atomic E-state index is -0.485. The van der Waals surface area contributed by atoms with Gasteiger partial charge < -0.3 is 4.90 Å². The van der Waals surface area contributed by atoms with Crippen LogP contribution in [-0.4, -0.2) is 43.0 Å². The Kier molecular flexibility index (Phi) is 6.01. The van der Waals surface area contributed by atoms with Crippen molar-refractivity contribution in [2.24, 2.45) is 0 Å². The molecule has 0 spiro atoms. The largest absolute Gasteiger partial charge is 0.308 e. The fraction of sp³-hybridized carbons (Fsp3) is 0.263. The van der Waals surface area contributed by atoms with Gasteiger partial charge in [0.25, 0.3) is 5.91 Å². The van der Waals surface area contributed by atoms with E-state index in [0.29, 0.717) is 23.2 Å². The molecule has 3 rings (SSSR count). The first-order valence-electron chi connectivity index (χ1n) is 8.25. The molecule has 0 aliphatic carbocycles. The lowest BCUT2D eigenvalue weighted by atomic mass is 10.2. The van der Waals surface area contributed by atoms with Crippen LogP contribution in [0, 0.1) is 12.7 Å². The second-order valence-corrected chi connectivity index (χ2v) is 8.22. The summed E-state index contributed by atoms with van der Waals surface area (Å²) >= 11 is 13.7. The van der Waals surface area contributed by atoms with Gasteiger partial charge in [0.1, 0.15) is 5.82 Å². The van der Waals surface area contributed by atoms with Crippen LogP contribution < -0.4 is 4.90 Å². The van der Waals surface area contributed by atoms with Gasteiger partial charge in [0.05, 0.1) is 20.8 Å². The van der Waals surface area contributed by atoms with E-state index in [-0.39, 0.29) is 16.5 Å². The Labute approximate surface area is 171 Å². The molecule has 0 fully saturated rings. The van der Waals surface area contributed by atoms with Crippen LogP contribution in [0.2, 0.25) is 10.0 Å². The highest BCUT2D eigenvalue weighted by atomic mass is 35.5. The summed E-state index contributed by atoms with van der Waals surface area (Å²) in [5.74, 6) is -0.800. The van der Waals surface area contributed by atoms with Gasteiger partial charge in [-0.2, -0.15) is 0 Å². The van der Waals surface area contributed by atoms with Gasteiger partial charge in [0.2, 0.25) is 0 Å². The first-order chi connectivity index (χ1) is 12.8. The number of halogens is 3. The van der Waals surface area contributed by atoms with Crippen molar-refractivity contribution in [3.05, 3.63) is 57.3 Å². The van der Waals surface area contributed by atoms with E-state index >= 15 is 0 Å².